The molecule has 2 rings (SSSR count). The molecule has 9 heteroatoms. The molecule has 1 N–H and O–H groups in total. The first kappa shape index (κ1) is 20.9. The monoisotopic (exact) mass is 395 g/mol. The van der Waals surface area contributed by atoms with E-state index >= 15 is 0 Å². The van der Waals surface area contributed by atoms with Crippen molar-refractivity contribution in [1.29, 1.82) is 0 Å². The topological polar surface area (TPSA) is 81.7 Å². The Kier molecular flexibility index (Phi) is 6.40. The summed E-state index contributed by atoms with van der Waals surface area (Å²) >= 11 is 0. The summed E-state index contributed by atoms with van der Waals surface area (Å²) in [5.41, 5.74) is -0.674. The molecule has 2 aromatic carbocycles. The number of hydrogen-bond donors (Lipinski definition) is 1. The minimum absolute atomic E-state index is 0.0786. The molecule has 6 nitrogen and oxygen atoms in total. The van der Waals surface area contributed by atoms with Crippen molar-refractivity contribution in [3.8, 4) is 0 Å². The highest BCUT2D eigenvalue weighted by Gasteiger charge is 2.30. The Balaban J connectivity index is 2.00. The van der Waals surface area contributed by atoms with Crippen LogP contribution in [0.15, 0.2) is 48.5 Å². The van der Waals surface area contributed by atoms with Crippen molar-refractivity contribution >= 4 is 23.5 Å². The van der Waals surface area contributed by atoms with E-state index in [9.17, 15) is 27.6 Å². The summed E-state index contributed by atoms with van der Waals surface area (Å²) in [5, 5.41) is 2.27. The van der Waals surface area contributed by atoms with Crippen LogP contribution >= 0.6 is 0 Å². The van der Waals surface area contributed by atoms with Gasteiger partial charge in [-0.1, -0.05) is 6.07 Å². The SMILES string of the molecule is COC(=O)c1ccc(C(=O)OC(C)C(=O)Nc2cccc(C(F)(F)F)c2)cc1. The van der Waals surface area contributed by atoms with Crippen LogP contribution in [0.4, 0.5) is 18.9 Å². The van der Waals surface area contributed by atoms with Crippen LogP contribution in [0.5, 0.6) is 0 Å². The van der Waals surface area contributed by atoms with Gasteiger partial charge in [-0.2, -0.15) is 13.2 Å². The highest BCUT2D eigenvalue weighted by Crippen LogP contribution is 2.30. The van der Waals surface area contributed by atoms with Crippen LogP contribution in [0.1, 0.15) is 33.2 Å². The highest BCUT2D eigenvalue weighted by molar-refractivity contribution is 5.98. The summed E-state index contributed by atoms with van der Waals surface area (Å²) in [6.07, 6.45) is -5.81. The molecule has 2 aromatic rings. The van der Waals surface area contributed by atoms with E-state index < -0.39 is 35.7 Å². The summed E-state index contributed by atoms with van der Waals surface area (Å²) in [7, 11) is 1.22. The van der Waals surface area contributed by atoms with Gasteiger partial charge in [0.2, 0.25) is 0 Å². The van der Waals surface area contributed by atoms with Crippen LogP contribution < -0.4 is 5.32 Å². The smallest absolute Gasteiger partial charge is 0.416 e. The average Bonchev–Trinajstić information content (AvgIpc) is 2.66. The van der Waals surface area contributed by atoms with E-state index in [2.05, 4.69) is 10.1 Å². The summed E-state index contributed by atoms with van der Waals surface area (Å²) in [6.45, 7) is 1.28. The van der Waals surface area contributed by atoms with Crippen molar-refractivity contribution < 1.29 is 37.0 Å². The second-order valence-electron chi connectivity index (χ2n) is 5.68. The lowest BCUT2D eigenvalue weighted by molar-refractivity contribution is -0.137. The molecule has 1 amide bonds. The Morgan fingerprint density at radius 2 is 1.54 bits per heavy atom. The Labute approximate surface area is 158 Å². The fourth-order valence-corrected chi connectivity index (χ4v) is 2.16. The molecule has 0 radical (unpaired) electrons. The van der Waals surface area contributed by atoms with E-state index in [1.165, 1.54) is 44.4 Å². The van der Waals surface area contributed by atoms with Gasteiger partial charge < -0.3 is 14.8 Å². The first-order chi connectivity index (χ1) is 13.1. The number of halogens is 3. The zero-order chi connectivity index (χ0) is 20.9. The molecule has 0 aliphatic rings. The molecule has 0 saturated heterocycles. The van der Waals surface area contributed by atoms with Crippen molar-refractivity contribution in [2.75, 3.05) is 12.4 Å². The number of methoxy groups -OCH3 is 1. The van der Waals surface area contributed by atoms with Gasteiger partial charge in [0.1, 0.15) is 0 Å². The first-order valence-electron chi connectivity index (χ1n) is 7.99. The number of esters is 2. The quantitative estimate of drug-likeness (QED) is 0.782. The van der Waals surface area contributed by atoms with E-state index in [1.54, 1.807) is 0 Å². The third-order valence-corrected chi connectivity index (χ3v) is 3.65. The normalized spacial score (nSPS) is 12.0. The first-order valence-corrected chi connectivity index (χ1v) is 7.99. The second kappa shape index (κ2) is 8.55. The number of hydrogen-bond acceptors (Lipinski definition) is 5. The maximum atomic E-state index is 12.7. The lowest BCUT2D eigenvalue weighted by Gasteiger charge is -2.14. The van der Waals surface area contributed by atoms with Crippen molar-refractivity contribution in [2.45, 2.75) is 19.2 Å². The highest BCUT2D eigenvalue weighted by atomic mass is 19.4. The summed E-state index contributed by atoms with van der Waals surface area (Å²) in [6, 6.07) is 9.45. The zero-order valence-electron chi connectivity index (χ0n) is 14.9. The molecule has 1 atom stereocenters. The van der Waals surface area contributed by atoms with E-state index in [4.69, 9.17) is 4.74 Å². The third-order valence-electron chi connectivity index (χ3n) is 3.65. The van der Waals surface area contributed by atoms with E-state index in [0.717, 1.165) is 18.2 Å². The Bertz CT molecular complexity index is 878. The Morgan fingerprint density at radius 3 is 2.07 bits per heavy atom. The molecule has 148 valence electrons. The van der Waals surface area contributed by atoms with E-state index in [1.807, 2.05) is 0 Å². The number of ether oxygens (including phenoxy) is 2. The fourth-order valence-electron chi connectivity index (χ4n) is 2.16. The number of nitrogens with one attached hydrogen (secondary N) is 1. The molecule has 0 heterocycles. The lowest BCUT2D eigenvalue weighted by Crippen LogP contribution is -2.30. The van der Waals surface area contributed by atoms with Crippen molar-refractivity contribution in [3.05, 3.63) is 65.2 Å². The van der Waals surface area contributed by atoms with Crippen LogP contribution in [0, 0.1) is 0 Å². The van der Waals surface area contributed by atoms with Crippen molar-refractivity contribution in [3.63, 3.8) is 0 Å². The van der Waals surface area contributed by atoms with Gasteiger partial charge in [-0.25, -0.2) is 9.59 Å². The second-order valence-corrected chi connectivity index (χ2v) is 5.68. The Morgan fingerprint density at radius 1 is 0.964 bits per heavy atom. The standard InChI is InChI=1S/C19H16F3NO5/c1-11(16(24)23-15-5-3-4-14(10-15)19(20,21)22)28-18(26)13-8-6-12(7-9-13)17(25)27-2/h3-11H,1-2H3,(H,23,24). The summed E-state index contributed by atoms with van der Waals surface area (Å²) in [5.74, 6) is -2.20. The number of benzene rings is 2. The van der Waals surface area contributed by atoms with Gasteiger partial charge >= 0.3 is 18.1 Å². The van der Waals surface area contributed by atoms with Gasteiger partial charge in [0.15, 0.2) is 6.10 Å². The van der Waals surface area contributed by atoms with Crippen LogP contribution in [0.3, 0.4) is 0 Å². The van der Waals surface area contributed by atoms with Crippen LogP contribution in [-0.4, -0.2) is 31.1 Å². The molecular weight excluding hydrogens is 379 g/mol. The van der Waals surface area contributed by atoms with Gasteiger partial charge in [-0.15, -0.1) is 0 Å². The molecule has 28 heavy (non-hydrogen) atoms. The minimum atomic E-state index is -4.55. The number of carbonyl (C=O) groups is 3. The molecule has 0 aromatic heterocycles. The molecule has 0 fully saturated rings. The maximum Gasteiger partial charge on any atom is 0.416 e. The van der Waals surface area contributed by atoms with E-state index in [-0.39, 0.29) is 16.8 Å². The van der Waals surface area contributed by atoms with Crippen LogP contribution in [-0.2, 0) is 20.4 Å². The van der Waals surface area contributed by atoms with Gasteiger partial charge in [-0.3, -0.25) is 4.79 Å². The predicted molar refractivity (Wildman–Crippen MR) is 92.7 cm³/mol. The van der Waals surface area contributed by atoms with Crippen LogP contribution in [0.2, 0.25) is 0 Å². The van der Waals surface area contributed by atoms with Crippen molar-refractivity contribution in [1.82, 2.24) is 0 Å². The fraction of sp³-hybridized carbons (Fsp3) is 0.211. The number of rotatable bonds is 5. The van der Waals surface area contributed by atoms with Gasteiger partial charge in [-0.05, 0) is 49.4 Å². The maximum absolute atomic E-state index is 12.7. The number of carbonyl (C=O) groups excluding carboxylic acids is 3. The molecule has 0 bridgehead atoms. The Hall–Kier alpha value is -3.36. The van der Waals surface area contributed by atoms with E-state index in [0.29, 0.717) is 0 Å². The number of anilines is 1. The minimum Gasteiger partial charge on any atom is -0.465 e. The summed E-state index contributed by atoms with van der Waals surface area (Å²) in [4.78, 5) is 35.5. The van der Waals surface area contributed by atoms with Gasteiger partial charge in [0, 0.05) is 5.69 Å². The van der Waals surface area contributed by atoms with Crippen LogP contribution in [0.25, 0.3) is 0 Å². The summed E-state index contributed by atoms with van der Waals surface area (Å²) < 4.78 is 47.7. The number of alkyl halides is 3. The van der Waals surface area contributed by atoms with Gasteiger partial charge in [0.05, 0.1) is 23.8 Å². The lowest BCUT2D eigenvalue weighted by atomic mass is 10.1. The molecule has 1 unspecified atom stereocenters. The van der Waals surface area contributed by atoms with Gasteiger partial charge in [0.25, 0.3) is 5.91 Å². The zero-order valence-corrected chi connectivity index (χ0v) is 14.9. The molecule has 0 saturated carbocycles. The van der Waals surface area contributed by atoms with Crippen molar-refractivity contribution in [2.24, 2.45) is 0 Å². The largest absolute Gasteiger partial charge is 0.465 e. The molecule has 0 aliphatic heterocycles. The average molecular weight is 395 g/mol. The number of amides is 1. The molecular formula is C19H16F3NO5. The molecule has 0 aliphatic carbocycles. The molecule has 0 spiro atoms. The third kappa shape index (κ3) is 5.32. The predicted octanol–water partition coefficient (Wildman–Crippen LogP) is 3.68.